The average molecular weight is 288 g/mol. The summed E-state index contributed by atoms with van der Waals surface area (Å²) in [4.78, 5) is 0. The summed E-state index contributed by atoms with van der Waals surface area (Å²) in [5.41, 5.74) is 0. The first kappa shape index (κ1) is 115. The van der Waals surface area contributed by atoms with Gasteiger partial charge in [-0.25, -0.2) is 0 Å². The van der Waals surface area contributed by atoms with Crippen molar-refractivity contribution in [2.24, 2.45) is 0 Å². The molecule has 8 heteroatoms. The maximum atomic E-state index is 4.78. The number of halogens is 1. The van der Waals surface area contributed by atoms with Gasteiger partial charge in [0.2, 0.25) is 0 Å². The molecule has 0 rings (SSSR count). The standard InChI is InChI=1S/ClH.Nd.6H2O/h1H;;6*1H2/q;+1;;;;;;/p-1. The van der Waals surface area contributed by atoms with Crippen molar-refractivity contribution in [1.29, 1.82) is 0 Å². The Morgan fingerprint density at radius 3 is 0.500 bits per heavy atom. The van der Waals surface area contributed by atoms with Gasteiger partial charge in [-0.1, -0.05) is 0 Å². The molecule has 12 N–H and O–H groups in total. The molecule has 6 nitrogen and oxygen atoms in total. The summed E-state index contributed by atoms with van der Waals surface area (Å²) >= 11 is 0.778. The molecule has 0 unspecified atom stereocenters. The summed E-state index contributed by atoms with van der Waals surface area (Å²) in [5.74, 6) is 4.78. The van der Waals surface area contributed by atoms with E-state index in [0.29, 0.717) is 0 Å². The van der Waals surface area contributed by atoms with Crippen LogP contribution in [-0.4, -0.2) is 32.9 Å². The molecule has 0 aromatic rings. The molecule has 0 amide bonds. The molecular formula is H12ClNdO6. The van der Waals surface area contributed by atoms with Crippen molar-refractivity contribution >= 4 is 5.80 Å². The molecule has 0 aromatic carbocycles. The molecule has 0 aromatic heterocycles. The molecule has 0 atom stereocenters. The molecule has 0 spiro atoms. The van der Waals surface area contributed by atoms with Crippen molar-refractivity contribution < 1.29 is 70.1 Å². The van der Waals surface area contributed by atoms with Crippen molar-refractivity contribution in [2.45, 2.75) is 0 Å². The van der Waals surface area contributed by atoms with E-state index in [1.54, 1.807) is 0 Å². The quantitative estimate of drug-likeness (QED) is 0.417. The van der Waals surface area contributed by atoms with Crippen LogP contribution >= 0.6 is 5.80 Å². The molecule has 0 radical (unpaired) electrons. The summed E-state index contributed by atoms with van der Waals surface area (Å²) in [5, 5.41) is 0. The van der Waals surface area contributed by atoms with Gasteiger partial charge in [-0.2, -0.15) is 0 Å². The van der Waals surface area contributed by atoms with Crippen LogP contribution in [0.5, 0.6) is 0 Å². The predicted molar refractivity (Wildman–Crippen MR) is 27.5 cm³/mol. The van der Waals surface area contributed by atoms with Gasteiger partial charge in [-0.05, 0) is 0 Å². The summed E-state index contributed by atoms with van der Waals surface area (Å²) in [6, 6.07) is 0. The maximum absolute atomic E-state index is 4.78. The van der Waals surface area contributed by atoms with Gasteiger partial charge < -0.3 is 32.9 Å². The van der Waals surface area contributed by atoms with E-state index in [-0.39, 0.29) is 32.9 Å². The molecule has 8 heavy (non-hydrogen) atoms. The Morgan fingerprint density at radius 1 is 0.500 bits per heavy atom. The molecule has 0 aliphatic heterocycles. The van der Waals surface area contributed by atoms with E-state index in [0.717, 1.165) is 37.2 Å². The van der Waals surface area contributed by atoms with Crippen LogP contribution in [-0.2, 0) is 0 Å². The SMILES string of the molecule is O.O.O.O.O.O.[Cl][Nd]. The van der Waals surface area contributed by atoms with Crippen LogP contribution in [0.25, 0.3) is 0 Å². The Balaban J connectivity index is -0.000000000333. The first-order chi connectivity index (χ1) is 1.00. The first-order valence-corrected chi connectivity index (χ1v) is 4.20. The molecule has 0 saturated carbocycles. The van der Waals surface area contributed by atoms with Crippen LogP contribution in [0.3, 0.4) is 0 Å². The normalized spacial score (nSPS) is 0.500. The Morgan fingerprint density at radius 2 is 0.500 bits per heavy atom. The zero-order valence-electron chi connectivity index (χ0n) is 3.88. The summed E-state index contributed by atoms with van der Waals surface area (Å²) < 4.78 is 0. The van der Waals surface area contributed by atoms with E-state index < -0.39 is 0 Å². The average Bonchev–Trinajstić information content (AvgIpc) is 1.00. The van der Waals surface area contributed by atoms with Gasteiger partial charge in [0.25, 0.3) is 0 Å². The predicted octanol–water partition coefficient (Wildman–Crippen LogP) is -4.26. The van der Waals surface area contributed by atoms with Gasteiger partial charge in [-0.15, -0.1) is 0 Å². The van der Waals surface area contributed by atoms with Gasteiger partial charge >= 0.3 is 43.0 Å². The van der Waals surface area contributed by atoms with Crippen molar-refractivity contribution in [3.05, 3.63) is 0 Å². The van der Waals surface area contributed by atoms with E-state index >= 15 is 0 Å². The molecular weight excluding hydrogens is 276 g/mol. The van der Waals surface area contributed by atoms with E-state index in [1.807, 2.05) is 0 Å². The van der Waals surface area contributed by atoms with E-state index in [2.05, 4.69) is 0 Å². The molecule has 0 heterocycles. The van der Waals surface area contributed by atoms with Gasteiger partial charge in [0.1, 0.15) is 0 Å². The van der Waals surface area contributed by atoms with Crippen LogP contribution < -0.4 is 0 Å². The molecule has 0 saturated heterocycles. The fourth-order valence-electron chi connectivity index (χ4n) is 0. The minimum atomic E-state index is 0. The topological polar surface area (TPSA) is 189 Å². The Hall–Kier alpha value is 1.40. The van der Waals surface area contributed by atoms with Gasteiger partial charge in [-0.3, -0.25) is 0 Å². The van der Waals surface area contributed by atoms with Crippen LogP contribution in [0.15, 0.2) is 0 Å². The Labute approximate surface area is 75.2 Å². The fraction of sp³-hybridized carbons (Fsp3) is 0. The summed E-state index contributed by atoms with van der Waals surface area (Å²) in [6.45, 7) is 0. The minimum absolute atomic E-state index is 0. The van der Waals surface area contributed by atoms with Crippen LogP contribution in [0.2, 0.25) is 0 Å². The molecule has 59 valence electrons. The molecule has 0 aliphatic carbocycles. The van der Waals surface area contributed by atoms with E-state index in [1.165, 1.54) is 0 Å². The van der Waals surface area contributed by atoms with Crippen molar-refractivity contribution in [2.75, 3.05) is 0 Å². The zero-order chi connectivity index (χ0) is 2.00. The third kappa shape index (κ3) is 155. The Kier molecular flexibility index (Phi) is 3370. The second-order valence-electron chi connectivity index (χ2n) is 0. The first-order valence-electron chi connectivity index (χ1n) is 0.189. The second-order valence-corrected chi connectivity index (χ2v) is 0. The van der Waals surface area contributed by atoms with Crippen molar-refractivity contribution in [1.82, 2.24) is 0 Å². The Bertz CT molecular complexity index is 8.49. The fourth-order valence-corrected chi connectivity index (χ4v) is 0. The van der Waals surface area contributed by atoms with Gasteiger partial charge in [0, 0.05) is 0 Å². The van der Waals surface area contributed by atoms with Crippen LogP contribution in [0, 0.1) is 37.2 Å². The molecule has 0 aliphatic rings. The number of hydrogen-bond donors (Lipinski definition) is 0. The third-order valence-corrected chi connectivity index (χ3v) is 0. The number of rotatable bonds is 0. The monoisotopic (exact) mass is 285 g/mol. The van der Waals surface area contributed by atoms with Crippen LogP contribution in [0.4, 0.5) is 0 Å². The van der Waals surface area contributed by atoms with E-state index in [9.17, 15) is 0 Å². The third-order valence-electron chi connectivity index (χ3n) is 0. The van der Waals surface area contributed by atoms with Gasteiger partial charge in [0.05, 0.1) is 0 Å². The number of hydrogen-bond acceptors (Lipinski definition) is 0. The summed E-state index contributed by atoms with van der Waals surface area (Å²) in [7, 11) is 0. The van der Waals surface area contributed by atoms with Crippen LogP contribution in [0.1, 0.15) is 0 Å². The second kappa shape index (κ2) is 235. The van der Waals surface area contributed by atoms with Crippen molar-refractivity contribution in [3.8, 4) is 0 Å². The van der Waals surface area contributed by atoms with E-state index in [4.69, 9.17) is 5.80 Å². The zero-order valence-corrected chi connectivity index (χ0v) is 7.84. The molecule has 0 bridgehead atoms. The summed E-state index contributed by atoms with van der Waals surface area (Å²) in [6.07, 6.45) is 0. The van der Waals surface area contributed by atoms with Crippen molar-refractivity contribution in [3.63, 3.8) is 0 Å². The molecule has 0 fully saturated rings. The van der Waals surface area contributed by atoms with Gasteiger partial charge in [0.15, 0.2) is 0 Å².